The van der Waals surface area contributed by atoms with Gasteiger partial charge in [0.1, 0.15) is 5.69 Å². The Balaban J connectivity index is 1.96. The molecule has 0 unspecified atom stereocenters. The molecule has 0 saturated heterocycles. The van der Waals surface area contributed by atoms with Crippen LogP contribution in [-0.4, -0.2) is 42.3 Å². The summed E-state index contributed by atoms with van der Waals surface area (Å²) in [6.45, 7) is 0.515. The molecule has 0 aromatic heterocycles. The van der Waals surface area contributed by atoms with E-state index in [1.165, 1.54) is 18.2 Å². The summed E-state index contributed by atoms with van der Waals surface area (Å²) in [6.07, 6.45) is 0. The van der Waals surface area contributed by atoms with Gasteiger partial charge in [-0.1, -0.05) is 23.7 Å². The average Bonchev–Trinajstić information content (AvgIpc) is 2.62. The van der Waals surface area contributed by atoms with E-state index in [1.54, 1.807) is 31.1 Å². The highest BCUT2D eigenvalue weighted by molar-refractivity contribution is 6.31. The van der Waals surface area contributed by atoms with Crippen molar-refractivity contribution >= 4 is 34.8 Å². The first-order valence-electron chi connectivity index (χ1n) is 8.03. The molecule has 142 valence electrons. The first kappa shape index (κ1) is 20.3. The zero-order valence-electron chi connectivity index (χ0n) is 14.9. The molecule has 0 aliphatic carbocycles. The number of benzene rings is 2. The van der Waals surface area contributed by atoms with E-state index in [0.717, 1.165) is 5.56 Å². The van der Waals surface area contributed by atoms with E-state index in [-0.39, 0.29) is 34.8 Å². The van der Waals surface area contributed by atoms with Crippen LogP contribution in [0, 0.1) is 10.1 Å². The van der Waals surface area contributed by atoms with Gasteiger partial charge in [0.25, 0.3) is 11.6 Å². The molecule has 0 bridgehead atoms. The maximum atomic E-state index is 12.2. The summed E-state index contributed by atoms with van der Waals surface area (Å²) in [4.78, 5) is 36.0. The number of nitro benzene ring substituents is 1. The van der Waals surface area contributed by atoms with E-state index in [4.69, 9.17) is 11.6 Å². The summed E-state index contributed by atoms with van der Waals surface area (Å²) >= 11 is 5.76. The molecule has 0 saturated carbocycles. The van der Waals surface area contributed by atoms with E-state index in [0.29, 0.717) is 12.1 Å². The number of nitrogens with zero attached hydrogens (tertiary/aromatic N) is 2. The van der Waals surface area contributed by atoms with Crippen LogP contribution in [0.1, 0.15) is 15.9 Å². The molecule has 27 heavy (non-hydrogen) atoms. The third kappa shape index (κ3) is 5.77. The Morgan fingerprint density at radius 1 is 1.19 bits per heavy atom. The third-order valence-electron chi connectivity index (χ3n) is 3.74. The van der Waals surface area contributed by atoms with Crippen LogP contribution in [0.2, 0.25) is 5.02 Å². The quantitative estimate of drug-likeness (QED) is 0.558. The highest BCUT2D eigenvalue weighted by Gasteiger charge is 2.17. The van der Waals surface area contributed by atoms with Crippen LogP contribution in [0.15, 0.2) is 42.5 Å². The molecule has 2 aromatic rings. The number of amides is 2. The fourth-order valence-corrected chi connectivity index (χ4v) is 2.64. The van der Waals surface area contributed by atoms with Crippen LogP contribution in [0.4, 0.5) is 11.4 Å². The largest absolute Gasteiger partial charge is 0.355 e. The van der Waals surface area contributed by atoms with Gasteiger partial charge in [0.15, 0.2) is 0 Å². The number of likely N-dealkylation sites (N-methyl/N-ethyl adjacent to an activating group) is 1. The summed E-state index contributed by atoms with van der Waals surface area (Å²) in [5.74, 6) is -0.552. The summed E-state index contributed by atoms with van der Waals surface area (Å²) in [5.41, 5.74) is 1.31. The van der Waals surface area contributed by atoms with Gasteiger partial charge in [-0.05, 0) is 36.9 Å². The van der Waals surface area contributed by atoms with Crippen LogP contribution in [0.5, 0.6) is 0 Å². The minimum absolute atomic E-state index is 0.0387. The van der Waals surface area contributed by atoms with E-state index >= 15 is 0 Å². The van der Waals surface area contributed by atoms with E-state index in [2.05, 4.69) is 10.6 Å². The zero-order chi connectivity index (χ0) is 20.0. The van der Waals surface area contributed by atoms with Crippen LogP contribution in [-0.2, 0) is 11.3 Å². The molecule has 2 rings (SSSR count). The molecule has 0 fully saturated rings. The van der Waals surface area contributed by atoms with Crippen molar-refractivity contribution in [1.82, 2.24) is 10.2 Å². The number of hydrogen-bond acceptors (Lipinski definition) is 5. The summed E-state index contributed by atoms with van der Waals surface area (Å²) < 4.78 is 0. The summed E-state index contributed by atoms with van der Waals surface area (Å²) in [6, 6.07) is 11.1. The van der Waals surface area contributed by atoms with Gasteiger partial charge in [-0.2, -0.15) is 0 Å². The third-order valence-corrected chi connectivity index (χ3v) is 3.97. The van der Waals surface area contributed by atoms with E-state index < -0.39 is 4.92 Å². The Kier molecular flexibility index (Phi) is 6.86. The van der Waals surface area contributed by atoms with Crippen LogP contribution in [0.3, 0.4) is 0 Å². The van der Waals surface area contributed by atoms with Crippen molar-refractivity contribution in [2.75, 3.05) is 26.0 Å². The van der Waals surface area contributed by atoms with Gasteiger partial charge < -0.3 is 10.6 Å². The Hall–Kier alpha value is -2.97. The topological polar surface area (TPSA) is 105 Å². The summed E-state index contributed by atoms with van der Waals surface area (Å²) in [5, 5.41) is 16.4. The Bertz CT molecular complexity index is 855. The van der Waals surface area contributed by atoms with Crippen molar-refractivity contribution in [3.8, 4) is 0 Å². The number of hydrogen-bond donors (Lipinski definition) is 2. The minimum Gasteiger partial charge on any atom is -0.355 e. The second kappa shape index (κ2) is 9.11. The molecule has 0 aliphatic heterocycles. The number of halogens is 1. The molecular formula is C18H19ClN4O4. The number of anilines is 1. The molecule has 2 N–H and O–H groups in total. The lowest BCUT2D eigenvalue weighted by molar-refractivity contribution is -0.383. The van der Waals surface area contributed by atoms with Crippen molar-refractivity contribution in [1.29, 1.82) is 0 Å². The molecule has 0 spiro atoms. The van der Waals surface area contributed by atoms with Crippen molar-refractivity contribution in [3.63, 3.8) is 0 Å². The average molecular weight is 391 g/mol. The van der Waals surface area contributed by atoms with E-state index in [9.17, 15) is 19.7 Å². The summed E-state index contributed by atoms with van der Waals surface area (Å²) in [7, 11) is 3.32. The van der Waals surface area contributed by atoms with Gasteiger partial charge in [0.2, 0.25) is 5.91 Å². The predicted molar refractivity (Wildman–Crippen MR) is 103 cm³/mol. The second-order valence-corrected chi connectivity index (χ2v) is 6.35. The predicted octanol–water partition coefficient (Wildman–Crippen LogP) is 2.68. The van der Waals surface area contributed by atoms with Gasteiger partial charge in [-0.3, -0.25) is 24.6 Å². The second-order valence-electron chi connectivity index (χ2n) is 5.92. The molecule has 0 heterocycles. The van der Waals surface area contributed by atoms with Crippen molar-refractivity contribution in [3.05, 3.63) is 68.7 Å². The van der Waals surface area contributed by atoms with Crippen molar-refractivity contribution in [2.45, 2.75) is 6.54 Å². The number of nitrogens with one attached hydrogen (secondary N) is 2. The Morgan fingerprint density at radius 2 is 1.85 bits per heavy atom. The fourth-order valence-electron chi connectivity index (χ4n) is 2.47. The Morgan fingerprint density at radius 3 is 2.44 bits per heavy atom. The molecule has 2 aromatic carbocycles. The molecule has 8 nitrogen and oxygen atoms in total. The molecule has 0 radical (unpaired) electrons. The standard InChI is InChI=1S/C18H19ClN4O4/c1-20-18(25)13-5-3-12(4-6-13)10-22(2)11-17(24)21-15-8-7-14(19)9-16(15)23(26)27/h3-9H,10-11H2,1-2H3,(H,20,25)(H,21,24). The lowest BCUT2D eigenvalue weighted by Gasteiger charge is -2.16. The highest BCUT2D eigenvalue weighted by Crippen LogP contribution is 2.27. The normalized spacial score (nSPS) is 10.5. The van der Waals surface area contributed by atoms with Gasteiger partial charge in [-0.15, -0.1) is 0 Å². The lowest BCUT2D eigenvalue weighted by atomic mass is 10.1. The number of nitro groups is 1. The number of rotatable bonds is 7. The highest BCUT2D eigenvalue weighted by atomic mass is 35.5. The minimum atomic E-state index is -0.598. The van der Waals surface area contributed by atoms with Crippen molar-refractivity contribution < 1.29 is 14.5 Å². The van der Waals surface area contributed by atoms with E-state index in [1.807, 2.05) is 12.1 Å². The van der Waals surface area contributed by atoms with Crippen LogP contribution < -0.4 is 10.6 Å². The van der Waals surface area contributed by atoms with Gasteiger partial charge in [0, 0.05) is 30.2 Å². The first-order chi connectivity index (χ1) is 12.8. The Labute approximate surface area is 161 Å². The smallest absolute Gasteiger partial charge is 0.294 e. The molecular weight excluding hydrogens is 372 g/mol. The maximum absolute atomic E-state index is 12.2. The van der Waals surface area contributed by atoms with Crippen LogP contribution >= 0.6 is 11.6 Å². The van der Waals surface area contributed by atoms with Crippen molar-refractivity contribution in [2.24, 2.45) is 0 Å². The lowest BCUT2D eigenvalue weighted by Crippen LogP contribution is -2.30. The van der Waals surface area contributed by atoms with Gasteiger partial charge in [0.05, 0.1) is 11.5 Å². The van der Waals surface area contributed by atoms with Gasteiger partial charge in [-0.25, -0.2) is 0 Å². The monoisotopic (exact) mass is 390 g/mol. The van der Waals surface area contributed by atoms with Crippen LogP contribution in [0.25, 0.3) is 0 Å². The molecule has 0 atom stereocenters. The number of carbonyl (C=O) groups is 2. The molecule has 2 amide bonds. The van der Waals surface area contributed by atoms with Gasteiger partial charge >= 0.3 is 0 Å². The first-order valence-corrected chi connectivity index (χ1v) is 8.41. The maximum Gasteiger partial charge on any atom is 0.294 e. The zero-order valence-corrected chi connectivity index (χ0v) is 15.6. The number of carbonyl (C=O) groups excluding carboxylic acids is 2. The SMILES string of the molecule is CNC(=O)c1ccc(CN(C)CC(=O)Nc2ccc(Cl)cc2[N+](=O)[O-])cc1. The molecule has 9 heteroatoms. The fraction of sp³-hybridized carbons (Fsp3) is 0.222. The molecule has 0 aliphatic rings.